The van der Waals surface area contributed by atoms with E-state index < -0.39 is 11.7 Å². The average molecular weight is 529 g/mol. The molecule has 196 valence electrons. The molecule has 0 aromatic heterocycles. The average Bonchev–Trinajstić information content (AvgIpc) is 3.17. The normalized spacial score (nSPS) is 13.9. The summed E-state index contributed by atoms with van der Waals surface area (Å²) in [7, 11) is 0. The molecule has 7 rings (SSSR count). The van der Waals surface area contributed by atoms with E-state index in [0.29, 0.717) is 0 Å². The quantitative estimate of drug-likeness (QED) is 0.196. The van der Waals surface area contributed by atoms with Crippen LogP contribution in [0.1, 0.15) is 36.1 Å². The fourth-order valence-electron chi connectivity index (χ4n) is 6.60. The Bertz CT molecular complexity index is 1960. The van der Waals surface area contributed by atoms with Crippen molar-refractivity contribution in [2.75, 3.05) is 0 Å². The molecule has 1 aliphatic carbocycles. The summed E-state index contributed by atoms with van der Waals surface area (Å²) < 4.78 is 40.0. The highest BCUT2D eigenvalue weighted by Gasteiger charge is 2.35. The first-order valence-corrected chi connectivity index (χ1v) is 13.5. The summed E-state index contributed by atoms with van der Waals surface area (Å²) in [5.41, 5.74) is 9.61. The van der Waals surface area contributed by atoms with Crippen LogP contribution in [0.3, 0.4) is 0 Å². The smallest absolute Gasteiger partial charge is 0.166 e. The highest BCUT2D eigenvalue weighted by atomic mass is 19.4. The molecule has 40 heavy (non-hydrogen) atoms. The number of benzene rings is 6. The molecule has 0 saturated carbocycles. The molecular weight excluding hydrogens is 501 g/mol. The zero-order chi connectivity index (χ0) is 27.8. The highest BCUT2D eigenvalue weighted by Crippen LogP contribution is 2.51. The van der Waals surface area contributed by atoms with Crippen LogP contribution in [0.25, 0.3) is 54.9 Å². The summed E-state index contributed by atoms with van der Waals surface area (Å²) in [6.45, 7) is 6.66. The van der Waals surface area contributed by atoms with Gasteiger partial charge in [0.2, 0.25) is 0 Å². The van der Waals surface area contributed by atoms with Crippen LogP contribution >= 0.6 is 0 Å². The van der Waals surface area contributed by atoms with Crippen LogP contribution in [0.4, 0.5) is 13.2 Å². The third-order valence-electron chi connectivity index (χ3n) is 8.55. The van der Waals surface area contributed by atoms with Gasteiger partial charge in [-0.2, -0.15) is 13.2 Å². The van der Waals surface area contributed by atoms with E-state index in [4.69, 9.17) is 0 Å². The zero-order valence-electron chi connectivity index (χ0n) is 22.5. The van der Waals surface area contributed by atoms with Gasteiger partial charge in [-0.25, -0.2) is 0 Å². The van der Waals surface area contributed by atoms with E-state index in [0.717, 1.165) is 49.4 Å². The summed E-state index contributed by atoms with van der Waals surface area (Å²) in [5, 5.41) is 4.24. The second kappa shape index (κ2) is 8.56. The first-order chi connectivity index (χ1) is 19.1. The number of aryl methyl sites for hydroxylation is 1. The van der Waals surface area contributed by atoms with E-state index in [-0.39, 0.29) is 5.41 Å². The Morgan fingerprint density at radius 1 is 0.525 bits per heavy atom. The largest absolute Gasteiger partial charge is 0.416 e. The molecule has 0 amide bonds. The van der Waals surface area contributed by atoms with Gasteiger partial charge in [0.05, 0.1) is 5.56 Å². The molecule has 0 heterocycles. The number of hydrogen-bond acceptors (Lipinski definition) is 0. The van der Waals surface area contributed by atoms with E-state index in [1.165, 1.54) is 34.4 Å². The molecule has 0 saturated heterocycles. The molecule has 6 aromatic carbocycles. The molecule has 0 spiro atoms. The van der Waals surface area contributed by atoms with Gasteiger partial charge in [-0.05, 0) is 91.2 Å². The first kappa shape index (κ1) is 24.7. The molecule has 6 aromatic rings. The summed E-state index contributed by atoms with van der Waals surface area (Å²) >= 11 is 0. The number of rotatable bonds is 2. The van der Waals surface area contributed by atoms with E-state index in [1.54, 1.807) is 12.1 Å². The number of hydrogen-bond donors (Lipinski definition) is 0. The minimum absolute atomic E-state index is 0.121. The number of halogens is 3. The van der Waals surface area contributed by atoms with Gasteiger partial charge in [0, 0.05) is 5.41 Å². The lowest BCUT2D eigenvalue weighted by atomic mass is 9.80. The maximum atomic E-state index is 13.3. The summed E-state index contributed by atoms with van der Waals surface area (Å²) in [5.74, 6) is 0. The van der Waals surface area contributed by atoms with Crippen LogP contribution in [0.5, 0.6) is 0 Å². The SMILES string of the molecule is Cc1ccc2c(-c3ccc(C(F)(F)F)cc3)c3ccccc3c(-c3ccc4c(c3)C(C)(C)c3ccccc3-4)c2c1. The fourth-order valence-corrected chi connectivity index (χ4v) is 6.60. The van der Waals surface area contributed by atoms with Gasteiger partial charge >= 0.3 is 6.18 Å². The van der Waals surface area contributed by atoms with Gasteiger partial charge in [0.25, 0.3) is 0 Å². The van der Waals surface area contributed by atoms with Crippen molar-refractivity contribution in [2.24, 2.45) is 0 Å². The summed E-state index contributed by atoms with van der Waals surface area (Å²) in [6.07, 6.45) is -4.37. The van der Waals surface area contributed by atoms with E-state index >= 15 is 0 Å². The second-order valence-corrected chi connectivity index (χ2v) is 11.4. The standard InChI is InChI=1S/C37H27F3/c1-22-12-18-30-31(20-22)35(24-15-19-27-26-8-6-7-11-32(26)36(2,3)33(27)21-24)29-10-5-4-9-28(29)34(30)23-13-16-25(17-14-23)37(38,39)40/h4-21H,1-3H3. The lowest BCUT2D eigenvalue weighted by molar-refractivity contribution is -0.137. The van der Waals surface area contributed by atoms with Gasteiger partial charge < -0.3 is 0 Å². The Kier molecular flexibility index (Phi) is 5.28. The highest BCUT2D eigenvalue weighted by molar-refractivity contribution is 6.21. The molecule has 0 bridgehead atoms. The molecular formula is C37H27F3. The molecule has 0 atom stereocenters. The predicted octanol–water partition coefficient (Wildman–Crippen LogP) is 11.0. The van der Waals surface area contributed by atoms with Crippen molar-refractivity contribution in [3.63, 3.8) is 0 Å². The van der Waals surface area contributed by atoms with Crippen LogP contribution in [0, 0.1) is 6.92 Å². The van der Waals surface area contributed by atoms with Crippen molar-refractivity contribution in [1.82, 2.24) is 0 Å². The van der Waals surface area contributed by atoms with Gasteiger partial charge in [0.1, 0.15) is 0 Å². The van der Waals surface area contributed by atoms with Crippen LogP contribution < -0.4 is 0 Å². The maximum absolute atomic E-state index is 13.3. The fraction of sp³-hybridized carbons (Fsp3) is 0.135. The Morgan fingerprint density at radius 2 is 1.10 bits per heavy atom. The van der Waals surface area contributed by atoms with Crippen LogP contribution in [0.2, 0.25) is 0 Å². The maximum Gasteiger partial charge on any atom is 0.416 e. The minimum atomic E-state index is -4.37. The zero-order valence-corrected chi connectivity index (χ0v) is 22.5. The van der Waals surface area contributed by atoms with Crippen molar-refractivity contribution in [2.45, 2.75) is 32.4 Å². The molecule has 1 aliphatic rings. The number of fused-ring (bicyclic) bond motifs is 5. The molecule has 0 radical (unpaired) electrons. The van der Waals surface area contributed by atoms with Crippen molar-refractivity contribution < 1.29 is 13.2 Å². The lowest BCUT2D eigenvalue weighted by Crippen LogP contribution is -2.14. The summed E-state index contributed by atoms with van der Waals surface area (Å²) in [4.78, 5) is 0. The summed E-state index contributed by atoms with van der Waals surface area (Å²) in [6, 6.07) is 35.7. The Morgan fingerprint density at radius 3 is 1.80 bits per heavy atom. The van der Waals surface area contributed by atoms with Crippen molar-refractivity contribution in [3.8, 4) is 33.4 Å². The topological polar surface area (TPSA) is 0 Å². The second-order valence-electron chi connectivity index (χ2n) is 11.4. The monoisotopic (exact) mass is 528 g/mol. The van der Waals surface area contributed by atoms with E-state index in [9.17, 15) is 13.2 Å². The molecule has 0 unspecified atom stereocenters. The van der Waals surface area contributed by atoms with Crippen LogP contribution in [-0.4, -0.2) is 0 Å². The van der Waals surface area contributed by atoms with Gasteiger partial charge in [-0.3, -0.25) is 0 Å². The molecule has 0 nitrogen and oxygen atoms in total. The predicted molar refractivity (Wildman–Crippen MR) is 160 cm³/mol. The van der Waals surface area contributed by atoms with E-state index in [2.05, 4.69) is 93.6 Å². The van der Waals surface area contributed by atoms with Gasteiger partial charge in [-0.1, -0.05) is 110 Å². The van der Waals surface area contributed by atoms with Gasteiger partial charge in [0.15, 0.2) is 0 Å². The minimum Gasteiger partial charge on any atom is -0.166 e. The Labute approximate surface area is 231 Å². The van der Waals surface area contributed by atoms with Crippen molar-refractivity contribution in [3.05, 3.63) is 131 Å². The number of alkyl halides is 3. The third-order valence-corrected chi connectivity index (χ3v) is 8.55. The van der Waals surface area contributed by atoms with Crippen LogP contribution in [-0.2, 0) is 11.6 Å². The lowest BCUT2D eigenvalue weighted by Gasteiger charge is -2.23. The Hall–Kier alpha value is -4.37. The molecule has 0 fully saturated rings. The van der Waals surface area contributed by atoms with Crippen molar-refractivity contribution >= 4 is 21.5 Å². The third kappa shape index (κ3) is 3.61. The molecule has 0 aliphatic heterocycles. The van der Waals surface area contributed by atoms with E-state index in [1.807, 2.05) is 12.1 Å². The Balaban J connectivity index is 1.53. The van der Waals surface area contributed by atoms with Crippen molar-refractivity contribution in [1.29, 1.82) is 0 Å². The molecule has 3 heteroatoms. The van der Waals surface area contributed by atoms with Gasteiger partial charge in [-0.15, -0.1) is 0 Å². The van der Waals surface area contributed by atoms with Crippen LogP contribution in [0.15, 0.2) is 109 Å². The first-order valence-electron chi connectivity index (χ1n) is 13.5. The molecule has 0 N–H and O–H groups in total.